The highest BCUT2D eigenvalue weighted by molar-refractivity contribution is 7.99. The standard InChI is InChI=1S/C28H29N7O2S/c36-10-11-38-22-12-20(14-29-17-22)27(37)31-16-21-13-25-19(15-30-21)4-5-24(33-25)23-2-1-3-26(34-23)35-9-8-32-28(18-35)6-7-28/h1-5,12-15,17,32,36H,6-11,16,18H2,(H,31,37). The summed E-state index contributed by atoms with van der Waals surface area (Å²) in [4.78, 5) is 34.4. The second-order valence-electron chi connectivity index (χ2n) is 9.74. The van der Waals surface area contributed by atoms with E-state index in [0.29, 0.717) is 17.0 Å². The number of aromatic nitrogens is 4. The molecule has 194 valence electrons. The third-order valence-corrected chi connectivity index (χ3v) is 7.89. The first kappa shape index (κ1) is 24.7. The van der Waals surface area contributed by atoms with Gasteiger partial charge < -0.3 is 20.6 Å². The smallest absolute Gasteiger partial charge is 0.253 e. The summed E-state index contributed by atoms with van der Waals surface area (Å²) >= 11 is 1.46. The van der Waals surface area contributed by atoms with Crippen LogP contribution in [0, 0.1) is 0 Å². The molecular formula is C28H29N7O2S. The molecule has 9 nitrogen and oxygen atoms in total. The molecule has 2 fully saturated rings. The average molecular weight is 528 g/mol. The van der Waals surface area contributed by atoms with Crippen LogP contribution in [0.5, 0.6) is 0 Å². The number of thioether (sulfide) groups is 1. The summed E-state index contributed by atoms with van der Waals surface area (Å²) < 4.78 is 0. The molecule has 0 aromatic carbocycles. The lowest BCUT2D eigenvalue weighted by Gasteiger charge is -2.35. The molecule has 0 unspecified atom stereocenters. The van der Waals surface area contributed by atoms with Gasteiger partial charge in [0.1, 0.15) is 5.82 Å². The van der Waals surface area contributed by atoms with Crippen molar-refractivity contribution in [3.05, 3.63) is 72.3 Å². The number of fused-ring (bicyclic) bond motifs is 1. The first-order chi connectivity index (χ1) is 18.6. The maximum atomic E-state index is 12.7. The van der Waals surface area contributed by atoms with E-state index in [1.54, 1.807) is 18.5 Å². The van der Waals surface area contributed by atoms with Gasteiger partial charge in [-0.15, -0.1) is 11.8 Å². The number of nitrogens with zero attached hydrogens (tertiary/aromatic N) is 5. The van der Waals surface area contributed by atoms with Crippen LogP contribution in [-0.4, -0.2) is 68.5 Å². The highest BCUT2D eigenvalue weighted by atomic mass is 32.2. The number of carbonyl (C=O) groups is 1. The highest BCUT2D eigenvalue weighted by Crippen LogP contribution is 2.38. The van der Waals surface area contributed by atoms with Crippen molar-refractivity contribution < 1.29 is 9.90 Å². The molecule has 3 N–H and O–H groups in total. The number of amides is 1. The van der Waals surface area contributed by atoms with Gasteiger partial charge in [0.15, 0.2) is 0 Å². The van der Waals surface area contributed by atoms with Crippen LogP contribution < -0.4 is 15.5 Å². The number of pyridine rings is 4. The summed E-state index contributed by atoms with van der Waals surface area (Å²) in [5.74, 6) is 1.32. The van der Waals surface area contributed by atoms with E-state index in [1.807, 2.05) is 30.3 Å². The van der Waals surface area contributed by atoms with E-state index < -0.39 is 0 Å². The van der Waals surface area contributed by atoms with Crippen LogP contribution >= 0.6 is 11.8 Å². The Morgan fingerprint density at radius 3 is 2.87 bits per heavy atom. The Morgan fingerprint density at radius 2 is 2.00 bits per heavy atom. The van der Waals surface area contributed by atoms with Crippen LogP contribution in [0.15, 0.2) is 66.0 Å². The monoisotopic (exact) mass is 527 g/mol. The summed E-state index contributed by atoms with van der Waals surface area (Å²) in [7, 11) is 0. The van der Waals surface area contributed by atoms with Crippen molar-refractivity contribution >= 4 is 34.4 Å². The van der Waals surface area contributed by atoms with E-state index >= 15 is 0 Å². The number of carbonyl (C=O) groups excluding carboxylic acids is 1. The molecular weight excluding hydrogens is 498 g/mol. The zero-order chi connectivity index (χ0) is 26.0. The Morgan fingerprint density at radius 1 is 1.11 bits per heavy atom. The SMILES string of the molecule is O=C(NCc1cc2nc(-c3cccc(N4CCNC5(CC5)C4)n3)ccc2cn1)c1cncc(SCCO)c1. The van der Waals surface area contributed by atoms with Gasteiger partial charge in [0.05, 0.1) is 41.3 Å². The summed E-state index contributed by atoms with van der Waals surface area (Å²) in [5.41, 5.74) is 3.92. The van der Waals surface area contributed by atoms with E-state index in [9.17, 15) is 4.79 Å². The summed E-state index contributed by atoms with van der Waals surface area (Å²) in [6, 6.07) is 13.8. The second-order valence-corrected chi connectivity index (χ2v) is 10.9. The number of rotatable bonds is 8. The number of nitrogens with one attached hydrogen (secondary N) is 2. The first-order valence-electron chi connectivity index (χ1n) is 12.8. The second kappa shape index (κ2) is 10.6. The van der Waals surface area contributed by atoms with Crippen molar-refractivity contribution in [3.63, 3.8) is 0 Å². The van der Waals surface area contributed by atoms with E-state index in [1.165, 1.54) is 30.8 Å². The van der Waals surface area contributed by atoms with Crippen molar-refractivity contribution in [3.8, 4) is 11.4 Å². The van der Waals surface area contributed by atoms with Crippen molar-refractivity contribution in [2.24, 2.45) is 0 Å². The fraction of sp³-hybridized carbons (Fsp3) is 0.321. The van der Waals surface area contributed by atoms with E-state index in [-0.39, 0.29) is 24.6 Å². The molecule has 4 aromatic rings. The molecule has 38 heavy (non-hydrogen) atoms. The Labute approximate surface area is 225 Å². The number of hydrogen-bond donors (Lipinski definition) is 3. The van der Waals surface area contributed by atoms with E-state index in [2.05, 4.69) is 31.6 Å². The Kier molecular flexibility index (Phi) is 6.92. The molecule has 1 saturated heterocycles. The number of anilines is 1. The molecule has 1 aliphatic heterocycles. The van der Waals surface area contributed by atoms with Gasteiger partial charge in [0, 0.05) is 59.8 Å². The predicted octanol–water partition coefficient (Wildman–Crippen LogP) is 3.04. The zero-order valence-electron chi connectivity index (χ0n) is 20.9. The van der Waals surface area contributed by atoms with E-state index in [0.717, 1.165) is 52.6 Å². The molecule has 1 saturated carbocycles. The summed E-state index contributed by atoms with van der Waals surface area (Å²) in [6.45, 7) is 3.27. The van der Waals surface area contributed by atoms with Gasteiger partial charge in [-0.25, -0.2) is 9.97 Å². The van der Waals surface area contributed by atoms with Gasteiger partial charge in [-0.05, 0) is 49.2 Å². The normalized spacial score (nSPS) is 16.1. The first-order valence-corrected chi connectivity index (χ1v) is 13.8. The third-order valence-electron chi connectivity index (χ3n) is 6.95. The Hall–Kier alpha value is -3.60. The van der Waals surface area contributed by atoms with Gasteiger partial charge >= 0.3 is 0 Å². The van der Waals surface area contributed by atoms with Crippen LogP contribution in [0.25, 0.3) is 22.3 Å². The largest absolute Gasteiger partial charge is 0.396 e. The molecule has 0 bridgehead atoms. The zero-order valence-corrected chi connectivity index (χ0v) is 21.7. The van der Waals surface area contributed by atoms with Crippen molar-refractivity contribution in [2.45, 2.75) is 29.8 Å². The Bertz CT molecular complexity index is 1480. The lowest BCUT2D eigenvalue weighted by atomic mass is 10.1. The lowest BCUT2D eigenvalue weighted by molar-refractivity contribution is 0.0950. The molecule has 1 aliphatic carbocycles. The van der Waals surface area contributed by atoms with Crippen molar-refractivity contribution in [1.29, 1.82) is 0 Å². The molecule has 4 aromatic heterocycles. The molecule has 0 atom stereocenters. The topological polar surface area (TPSA) is 116 Å². The third kappa shape index (κ3) is 5.47. The minimum absolute atomic E-state index is 0.0722. The fourth-order valence-corrected chi connectivity index (χ4v) is 5.41. The minimum atomic E-state index is -0.227. The van der Waals surface area contributed by atoms with E-state index in [4.69, 9.17) is 15.1 Å². The van der Waals surface area contributed by atoms with Gasteiger partial charge in [-0.3, -0.25) is 14.8 Å². The van der Waals surface area contributed by atoms with Crippen molar-refractivity contribution in [2.75, 3.05) is 36.9 Å². The quantitative estimate of drug-likeness (QED) is 0.297. The van der Waals surface area contributed by atoms with Crippen molar-refractivity contribution in [1.82, 2.24) is 30.6 Å². The molecule has 0 radical (unpaired) electrons. The lowest BCUT2D eigenvalue weighted by Crippen LogP contribution is -2.52. The molecule has 5 heterocycles. The van der Waals surface area contributed by atoms with Crippen LogP contribution in [0.2, 0.25) is 0 Å². The van der Waals surface area contributed by atoms with Crippen LogP contribution in [0.4, 0.5) is 5.82 Å². The fourth-order valence-electron chi connectivity index (χ4n) is 4.74. The van der Waals surface area contributed by atoms with Crippen LogP contribution in [-0.2, 0) is 6.54 Å². The van der Waals surface area contributed by atoms with Crippen LogP contribution in [0.1, 0.15) is 28.9 Å². The van der Waals surface area contributed by atoms with Gasteiger partial charge in [0.2, 0.25) is 0 Å². The summed E-state index contributed by atoms with van der Waals surface area (Å²) in [5, 5.41) is 16.5. The Balaban J connectivity index is 1.17. The highest BCUT2D eigenvalue weighted by Gasteiger charge is 2.45. The number of hydrogen-bond acceptors (Lipinski definition) is 9. The molecule has 2 aliphatic rings. The predicted molar refractivity (Wildman–Crippen MR) is 148 cm³/mol. The van der Waals surface area contributed by atoms with Gasteiger partial charge in [-0.2, -0.15) is 0 Å². The average Bonchev–Trinajstić information content (AvgIpc) is 3.72. The van der Waals surface area contributed by atoms with Gasteiger partial charge in [-0.1, -0.05) is 6.07 Å². The molecule has 10 heteroatoms. The number of aliphatic hydroxyl groups is 1. The number of piperazine rings is 1. The van der Waals surface area contributed by atoms with Gasteiger partial charge in [0.25, 0.3) is 5.91 Å². The maximum absolute atomic E-state index is 12.7. The summed E-state index contributed by atoms with van der Waals surface area (Å²) in [6.07, 6.45) is 7.47. The maximum Gasteiger partial charge on any atom is 0.253 e. The molecule has 6 rings (SSSR count). The van der Waals surface area contributed by atoms with Crippen LogP contribution in [0.3, 0.4) is 0 Å². The molecule has 1 amide bonds. The molecule has 1 spiro atoms. The number of aliphatic hydroxyl groups excluding tert-OH is 1. The minimum Gasteiger partial charge on any atom is -0.396 e.